The topological polar surface area (TPSA) is 95.9 Å². The fourth-order valence-electron chi connectivity index (χ4n) is 13.0. The first-order chi connectivity index (χ1) is 42.5. The minimum absolute atomic E-state index is 0.0261. The van der Waals surface area contributed by atoms with Gasteiger partial charge in [0.05, 0.1) is 25.4 Å². The summed E-state index contributed by atoms with van der Waals surface area (Å²) in [5.74, 6) is -0.0326. The van der Waals surface area contributed by atoms with E-state index in [1.165, 1.54) is 398 Å². The zero-order valence-electron chi connectivity index (χ0n) is 58.8. The minimum Gasteiger partial charge on any atom is -0.466 e. The van der Waals surface area contributed by atoms with Crippen LogP contribution in [0.1, 0.15) is 463 Å². The van der Waals surface area contributed by atoms with Crippen LogP contribution in [-0.2, 0) is 14.3 Å². The summed E-state index contributed by atoms with van der Waals surface area (Å²) in [5.41, 5.74) is 0. The number of aliphatic hydroxyl groups is 2. The van der Waals surface area contributed by atoms with Crippen LogP contribution in [0.15, 0.2) is 12.2 Å². The van der Waals surface area contributed by atoms with Gasteiger partial charge in [-0.25, -0.2) is 0 Å². The quantitative estimate of drug-likeness (QED) is 0.0320. The standard InChI is InChI=1S/C80H157NO5/c1-3-5-7-9-11-13-15-17-19-21-23-37-40-44-48-52-56-60-64-68-72-78(83)77(76-82)81-79(84)73-69-65-61-57-53-49-45-41-38-35-33-31-29-27-25-24-26-28-30-32-34-36-39-43-47-51-55-59-63-67-71-75-86-80(85)74-70-66-62-58-54-50-46-42-22-20-18-16-14-12-10-8-6-4-2/h68,72,77-78,82-83H,3-67,69-71,73-76H2,1-2H3,(H,81,84)/b72-68+. The predicted octanol–water partition coefficient (Wildman–Crippen LogP) is 26.3. The Morgan fingerprint density at radius 3 is 0.791 bits per heavy atom. The second-order valence-corrected chi connectivity index (χ2v) is 27.8. The molecule has 0 rings (SSSR count). The van der Waals surface area contributed by atoms with Crippen molar-refractivity contribution < 1.29 is 24.5 Å². The van der Waals surface area contributed by atoms with Gasteiger partial charge in [-0.3, -0.25) is 9.59 Å². The van der Waals surface area contributed by atoms with Gasteiger partial charge in [0.15, 0.2) is 0 Å². The molecule has 0 aromatic rings. The number of amides is 1. The van der Waals surface area contributed by atoms with E-state index in [1.54, 1.807) is 6.08 Å². The van der Waals surface area contributed by atoms with E-state index in [1.807, 2.05) is 6.08 Å². The van der Waals surface area contributed by atoms with Crippen molar-refractivity contribution in [1.29, 1.82) is 0 Å². The van der Waals surface area contributed by atoms with Gasteiger partial charge in [0, 0.05) is 12.8 Å². The summed E-state index contributed by atoms with van der Waals surface area (Å²) in [7, 11) is 0. The van der Waals surface area contributed by atoms with Crippen LogP contribution in [0.2, 0.25) is 0 Å². The Labute approximate surface area is 539 Å². The first kappa shape index (κ1) is 84.6. The summed E-state index contributed by atoms with van der Waals surface area (Å²) < 4.78 is 5.52. The monoisotopic (exact) mass is 1210 g/mol. The number of unbranched alkanes of at least 4 members (excludes halogenated alkanes) is 65. The van der Waals surface area contributed by atoms with Crippen LogP contribution >= 0.6 is 0 Å². The van der Waals surface area contributed by atoms with E-state index in [2.05, 4.69) is 19.2 Å². The lowest BCUT2D eigenvalue weighted by atomic mass is 10.0. The number of nitrogens with one attached hydrogen (secondary N) is 1. The molecule has 0 heterocycles. The lowest BCUT2D eigenvalue weighted by Crippen LogP contribution is -2.45. The van der Waals surface area contributed by atoms with Crippen molar-refractivity contribution in [2.75, 3.05) is 13.2 Å². The highest BCUT2D eigenvalue weighted by Crippen LogP contribution is 2.20. The number of carbonyl (C=O) groups excluding carboxylic acids is 2. The lowest BCUT2D eigenvalue weighted by molar-refractivity contribution is -0.143. The SMILES string of the molecule is CCCCCCCCCCCCCCCCCCCC/C=C/C(O)C(CO)NC(=O)CCCCCCCCCCCCCCCCCCCCCCCCCCCCCCCCCOC(=O)CCCCCCCCCCCCCCCCCCCC. The van der Waals surface area contributed by atoms with Crippen LogP contribution in [0.3, 0.4) is 0 Å². The van der Waals surface area contributed by atoms with Crippen molar-refractivity contribution in [3.63, 3.8) is 0 Å². The summed E-state index contributed by atoms with van der Waals surface area (Å²) >= 11 is 0. The van der Waals surface area contributed by atoms with Crippen molar-refractivity contribution in [2.45, 2.75) is 475 Å². The van der Waals surface area contributed by atoms with E-state index >= 15 is 0 Å². The molecule has 1 amide bonds. The van der Waals surface area contributed by atoms with Crippen molar-refractivity contribution in [1.82, 2.24) is 5.32 Å². The molecule has 0 aliphatic carbocycles. The largest absolute Gasteiger partial charge is 0.466 e. The summed E-state index contributed by atoms with van der Waals surface area (Å²) in [5, 5.41) is 23.3. The molecule has 3 N–H and O–H groups in total. The van der Waals surface area contributed by atoms with Gasteiger partial charge < -0.3 is 20.3 Å². The fraction of sp³-hybridized carbons (Fsp3) is 0.950. The number of allylic oxidation sites excluding steroid dienone is 1. The van der Waals surface area contributed by atoms with E-state index in [0.717, 1.165) is 38.5 Å². The molecule has 0 aromatic heterocycles. The van der Waals surface area contributed by atoms with E-state index in [9.17, 15) is 19.8 Å². The zero-order chi connectivity index (χ0) is 62.0. The number of rotatable bonds is 76. The Kier molecular flexibility index (Phi) is 74.8. The fourth-order valence-corrected chi connectivity index (χ4v) is 13.0. The van der Waals surface area contributed by atoms with Gasteiger partial charge >= 0.3 is 5.97 Å². The van der Waals surface area contributed by atoms with Gasteiger partial charge in [0.25, 0.3) is 0 Å². The van der Waals surface area contributed by atoms with Crippen molar-refractivity contribution in [3.05, 3.63) is 12.2 Å². The molecule has 0 spiro atoms. The highest BCUT2D eigenvalue weighted by atomic mass is 16.5. The van der Waals surface area contributed by atoms with Crippen LogP contribution in [0.4, 0.5) is 0 Å². The number of carbonyl (C=O) groups is 2. The molecular formula is C80H157NO5. The van der Waals surface area contributed by atoms with Crippen LogP contribution in [0, 0.1) is 0 Å². The minimum atomic E-state index is -0.842. The number of aliphatic hydroxyl groups excluding tert-OH is 2. The van der Waals surface area contributed by atoms with Crippen LogP contribution < -0.4 is 5.32 Å². The third-order valence-electron chi connectivity index (χ3n) is 19.1. The molecule has 2 unspecified atom stereocenters. The summed E-state index contributed by atoms with van der Waals surface area (Å²) in [6.45, 7) is 4.97. The average molecular weight is 1210 g/mol. The molecule has 0 radical (unpaired) electrons. The summed E-state index contributed by atoms with van der Waals surface area (Å²) in [6.07, 6.45) is 96.2. The lowest BCUT2D eigenvalue weighted by Gasteiger charge is -2.20. The molecule has 6 heteroatoms. The molecule has 2 atom stereocenters. The smallest absolute Gasteiger partial charge is 0.305 e. The van der Waals surface area contributed by atoms with E-state index < -0.39 is 12.1 Å². The molecule has 6 nitrogen and oxygen atoms in total. The second kappa shape index (κ2) is 76.1. The Bertz CT molecular complexity index is 1300. The molecule has 0 fully saturated rings. The van der Waals surface area contributed by atoms with Crippen molar-refractivity contribution in [2.24, 2.45) is 0 Å². The number of esters is 1. The maximum atomic E-state index is 12.5. The molecule has 86 heavy (non-hydrogen) atoms. The first-order valence-electron chi connectivity index (χ1n) is 40.0. The zero-order valence-corrected chi connectivity index (χ0v) is 58.8. The summed E-state index contributed by atoms with van der Waals surface area (Å²) in [4.78, 5) is 24.7. The first-order valence-corrected chi connectivity index (χ1v) is 40.0. The van der Waals surface area contributed by atoms with Gasteiger partial charge in [0.2, 0.25) is 5.91 Å². The number of ether oxygens (including phenoxy) is 1. The molecule has 0 bridgehead atoms. The molecule has 0 aliphatic heterocycles. The van der Waals surface area contributed by atoms with Gasteiger partial charge in [-0.2, -0.15) is 0 Å². The van der Waals surface area contributed by atoms with Crippen LogP contribution in [0.5, 0.6) is 0 Å². The van der Waals surface area contributed by atoms with E-state index in [-0.39, 0.29) is 18.5 Å². The van der Waals surface area contributed by atoms with Gasteiger partial charge in [-0.15, -0.1) is 0 Å². The molecule has 0 saturated carbocycles. The molecule has 512 valence electrons. The van der Waals surface area contributed by atoms with Crippen molar-refractivity contribution in [3.8, 4) is 0 Å². The third-order valence-corrected chi connectivity index (χ3v) is 19.1. The second-order valence-electron chi connectivity index (χ2n) is 27.8. The van der Waals surface area contributed by atoms with Gasteiger partial charge in [-0.05, 0) is 32.1 Å². The number of hydrogen-bond donors (Lipinski definition) is 3. The van der Waals surface area contributed by atoms with E-state index in [4.69, 9.17) is 4.74 Å². The Morgan fingerprint density at radius 2 is 0.535 bits per heavy atom. The molecule has 0 aliphatic rings. The average Bonchev–Trinajstić information content (AvgIpc) is 3.54. The highest BCUT2D eigenvalue weighted by Gasteiger charge is 2.18. The Morgan fingerprint density at radius 1 is 0.314 bits per heavy atom. The van der Waals surface area contributed by atoms with Crippen LogP contribution in [-0.4, -0.2) is 47.4 Å². The summed E-state index contributed by atoms with van der Waals surface area (Å²) in [6, 6.07) is -0.625. The highest BCUT2D eigenvalue weighted by molar-refractivity contribution is 5.76. The normalized spacial score (nSPS) is 12.5. The Balaban J connectivity index is 3.33. The molecular weight excluding hydrogens is 1050 g/mol. The van der Waals surface area contributed by atoms with Gasteiger partial charge in [0.1, 0.15) is 0 Å². The molecule has 0 aromatic carbocycles. The van der Waals surface area contributed by atoms with Crippen molar-refractivity contribution >= 4 is 11.9 Å². The molecule has 0 saturated heterocycles. The predicted molar refractivity (Wildman–Crippen MR) is 380 cm³/mol. The Hall–Kier alpha value is -1.40. The maximum Gasteiger partial charge on any atom is 0.305 e. The maximum absolute atomic E-state index is 12.5. The van der Waals surface area contributed by atoms with Crippen LogP contribution in [0.25, 0.3) is 0 Å². The van der Waals surface area contributed by atoms with E-state index in [0.29, 0.717) is 19.4 Å². The number of hydrogen-bond acceptors (Lipinski definition) is 5. The third kappa shape index (κ3) is 71.7. The van der Waals surface area contributed by atoms with Gasteiger partial charge in [-0.1, -0.05) is 431 Å².